The third kappa shape index (κ3) is 1.69. The molecule has 0 spiro atoms. The summed E-state index contributed by atoms with van der Waals surface area (Å²) in [6.45, 7) is 1.06. The topological polar surface area (TPSA) is 58.0 Å². The Kier molecular flexibility index (Phi) is 2.61. The summed E-state index contributed by atoms with van der Waals surface area (Å²) in [5.74, 6) is 0.889. The van der Waals surface area contributed by atoms with Crippen LogP contribution in [0.15, 0.2) is 21.7 Å². The maximum Gasteiger partial charge on any atom is 0.126 e. The summed E-state index contributed by atoms with van der Waals surface area (Å²) in [6.07, 6.45) is 0.929. The van der Waals surface area contributed by atoms with Crippen LogP contribution in [-0.2, 0) is 13.0 Å². The monoisotopic (exact) mass is 253 g/mol. The van der Waals surface area contributed by atoms with E-state index >= 15 is 0 Å². The van der Waals surface area contributed by atoms with E-state index in [1.165, 1.54) is 5.56 Å². The average Bonchev–Trinajstić information content (AvgIpc) is 2.61. The van der Waals surface area contributed by atoms with Crippen LogP contribution in [-0.4, -0.2) is 6.61 Å². The van der Waals surface area contributed by atoms with E-state index in [0.717, 1.165) is 28.8 Å². The normalized spacial score (nSPS) is 12.9. The van der Waals surface area contributed by atoms with Gasteiger partial charge >= 0.3 is 0 Å². The van der Waals surface area contributed by atoms with Crippen LogP contribution in [0, 0.1) is 0 Å². The first-order chi connectivity index (χ1) is 6.81. The van der Waals surface area contributed by atoms with E-state index in [9.17, 15) is 0 Å². The van der Waals surface area contributed by atoms with Gasteiger partial charge in [0.05, 0.1) is 13.2 Å². The van der Waals surface area contributed by atoms with Crippen LogP contribution in [0.5, 0.6) is 5.75 Å². The van der Waals surface area contributed by atoms with Gasteiger partial charge in [-0.2, -0.15) is 0 Å². The van der Waals surface area contributed by atoms with Gasteiger partial charge in [-0.05, 0) is 23.2 Å². The molecule has 0 fully saturated rings. The van der Waals surface area contributed by atoms with E-state index in [2.05, 4.69) is 26.0 Å². The number of nitrogens with zero attached hydrogens (tertiary/aromatic N) is 3. The van der Waals surface area contributed by atoms with Gasteiger partial charge in [-0.15, -0.1) is 0 Å². The largest absolute Gasteiger partial charge is 0.493 e. The van der Waals surface area contributed by atoms with Crippen molar-refractivity contribution in [2.24, 2.45) is 5.11 Å². The Morgan fingerprint density at radius 2 is 2.43 bits per heavy atom. The molecule has 4 nitrogen and oxygen atoms in total. The SMILES string of the molecule is [N-]=[N+]=NCc1cc(Br)cc2c1OCC2. The lowest BCUT2D eigenvalue weighted by Gasteiger charge is -2.05. The molecule has 0 aliphatic carbocycles. The number of hydrogen-bond donors (Lipinski definition) is 0. The van der Waals surface area contributed by atoms with Gasteiger partial charge in [-0.3, -0.25) is 0 Å². The van der Waals surface area contributed by atoms with E-state index in [1.807, 2.05) is 12.1 Å². The quantitative estimate of drug-likeness (QED) is 0.454. The molecule has 0 N–H and O–H groups in total. The summed E-state index contributed by atoms with van der Waals surface area (Å²) in [6, 6.07) is 3.97. The predicted octanol–water partition coefficient (Wildman–Crippen LogP) is 3.19. The van der Waals surface area contributed by atoms with Gasteiger partial charge in [0.25, 0.3) is 0 Å². The molecular weight excluding hydrogens is 246 g/mol. The summed E-state index contributed by atoms with van der Waals surface area (Å²) in [5, 5.41) is 3.54. The highest BCUT2D eigenvalue weighted by atomic mass is 79.9. The van der Waals surface area contributed by atoms with Gasteiger partial charge in [-0.25, -0.2) is 0 Å². The number of rotatable bonds is 2. The molecule has 1 aliphatic rings. The summed E-state index contributed by atoms with van der Waals surface area (Å²) < 4.78 is 6.48. The molecule has 0 atom stereocenters. The van der Waals surface area contributed by atoms with Crippen molar-refractivity contribution in [1.29, 1.82) is 0 Å². The molecule has 1 aromatic carbocycles. The molecule has 5 heteroatoms. The van der Waals surface area contributed by atoms with E-state index in [0.29, 0.717) is 6.54 Å². The molecule has 1 heterocycles. The highest BCUT2D eigenvalue weighted by Crippen LogP contribution is 2.33. The summed E-state index contributed by atoms with van der Waals surface area (Å²) in [5.41, 5.74) is 10.4. The molecule has 1 aromatic rings. The van der Waals surface area contributed by atoms with Crippen LogP contribution in [0.2, 0.25) is 0 Å². The highest BCUT2D eigenvalue weighted by Gasteiger charge is 2.16. The van der Waals surface area contributed by atoms with Gasteiger partial charge in [0.1, 0.15) is 5.75 Å². The molecule has 14 heavy (non-hydrogen) atoms. The van der Waals surface area contributed by atoms with Crippen LogP contribution < -0.4 is 4.74 Å². The average molecular weight is 254 g/mol. The van der Waals surface area contributed by atoms with Crippen molar-refractivity contribution in [3.63, 3.8) is 0 Å². The van der Waals surface area contributed by atoms with Crippen LogP contribution in [0.1, 0.15) is 11.1 Å². The zero-order valence-corrected chi connectivity index (χ0v) is 8.99. The minimum Gasteiger partial charge on any atom is -0.493 e. The van der Waals surface area contributed by atoms with Crippen LogP contribution >= 0.6 is 15.9 Å². The Balaban J connectivity index is 2.43. The minimum atomic E-state index is 0.346. The number of halogens is 1. The van der Waals surface area contributed by atoms with Crippen LogP contribution in [0.4, 0.5) is 0 Å². The highest BCUT2D eigenvalue weighted by molar-refractivity contribution is 9.10. The summed E-state index contributed by atoms with van der Waals surface area (Å²) in [4.78, 5) is 2.74. The van der Waals surface area contributed by atoms with E-state index in [-0.39, 0.29) is 0 Å². The van der Waals surface area contributed by atoms with Crippen LogP contribution in [0.3, 0.4) is 0 Å². The number of benzene rings is 1. The van der Waals surface area contributed by atoms with Gasteiger partial charge < -0.3 is 4.74 Å². The molecule has 0 saturated carbocycles. The first kappa shape index (κ1) is 9.37. The second-order valence-corrected chi connectivity index (χ2v) is 3.96. The standard InChI is InChI=1S/C9H8BrN3O/c10-8-3-6-1-2-14-9(6)7(4-8)5-12-13-11/h3-4H,1-2,5H2. The Labute approximate surface area is 89.6 Å². The number of azide groups is 1. The summed E-state index contributed by atoms with van der Waals surface area (Å²) in [7, 11) is 0. The third-order valence-electron chi connectivity index (χ3n) is 2.13. The number of ether oxygens (including phenoxy) is 1. The first-order valence-electron chi connectivity index (χ1n) is 4.26. The lowest BCUT2D eigenvalue weighted by molar-refractivity contribution is 0.353. The van der Waals surface area contributed by atoms with Crippen molar-refractivity contribution in [2.75, 3.05) is 6.61 Å². The second-order valence-electron chi connectivity index (χ2n) is 3.04. The maximum absolute atomic E-state index is 8.25. The van der Waals surface area contributed by atoms with Crippen LogP contribution in [0.25, 0.3) is 10.4 Å². The molecule has 0 aromatic heterocycles. The Hall–Kier alpha value is -1.19. The van der Waals surface area contributed by atoms with Crippen molar-refractivity contribution in [3.8, 4) is 5.75 Å². The molecule has 0 radical (unpaired) electrons. The smallest absolute Gasteiger partial charge is 0.126 e. The van der Waals surface area contributed by atoms with Gasteiger partial charge in [0.15, 0.2) is 0 Å². The molecule has 0 amide bonds. The fraction of sp³-hybridized carbons (Fsp3) is 0.333. The fourth-order valence-electron chi connectivity index (χ4n) is 1.57. The number of hydrogen-bond acceptors (Lipinski definition) is 2. The molecule has 0 saturated heterocycles. The Bertz CT molecular complexity index is 413. The molecule has 72 valence electrons. The van der Waals surface area contributed by atoms with Crippen molar-refractivity contribution < 1.29 is 4.74 Å². The van der Waals surface area contributed by atoms with Crippen molar-refractivity contribution >= 4 is 15.9 Å². The molecule has 0 bridgehead atoms. The van der Waals surface area contributed by atoms with E-state index in [1.54, 1.807) is 0 Å². The lowest BCUT2D eigenvalue weighted by atomic mass is 10.1. The maximum atomic E-state index is 8.25. The van der Waals surface area contributed by atoms with Gasteiger partial charge in [0, 0.05) is 21.4 Å². The van der Waals surface area contributed by atoms with Crippen molar-refractivity contribution in [1.82, 2.24) is 0 Å². The molecule has 2 rings (SSSR count). The Morgan fingerprint density at radius 1 is 1.57 bits per heavy atom. The fourth-order valence-corrected chi connectivity index (χ4v) is 2.12. The van der Waals surface area contributed by atoms with E-state index < -0.39 is 0 Å². The summed E-state index contributed by atoms with van der Waals surface area (Å²) >= 11 is 3.42. The zero-order valence-electron chi connectivity index (χ0n) is 7.40. The third-order valence-corrected chi connectivity index (χ3v) is 2.59. The van der Waals surface area contributed by atoms with Crippen molar-refractivity contribution in [2.45, 2.75) is 13.0 Å². The predicted molar refractivity (Wildman–Crippen MR) is 56.2 cm³/mol. The zero-order chi connectivity index (χ0) is 9.97. The lowest BCUT2D eigenvalue weighted by Crippen LogP contribution is -1.90. The molecule has 1 aliphatic heterocycles. The molecule has 0 unspecified atom stereocenters. The molecular formula is C9H8BrN3O. The van der Waals surface area contributed by atoms with Crippen molar-refractivity contribution in [3.05, 3.63) is 38.2 Å². The van der Waals surface area contributed by atoms with E-state index in [4.69, 9.17) is 10.3 Å². The Morgan fingerprint density at radius 3 is 3.21 bits per heavy atom. The van der Waals surface area contributed by atoms with Gasteiger partial charge in [-0.1, -0.05) is 21.0 Å². The number of fused-ring (bicyclic) bond motifs is 1. The first-order valence-corrected chi connectivity index (χ1v) is 5.05. The minimum absolute atomic E-state index is 0.346. The van der Waals surface area contributed by atoms with Gasteiger partial charge in [0.2, 0.25) is 0 Å². The second kappa shape index (κ2) is 3.90.